The number of rotatable bonds is 9. The second-order valence-corrected chi connectivity index (χ2v) is 7.42. The van der Waals surface area contributed by atoms with Crippen LogP contribution in [0, 0.1) is 0 Å². The van der Waals surface area contributed by atoms with Gasteiger partial charge in [-0.2, -0.15) is 0 Å². The number of ether oxygens (including phenoxy) is 2. The van der Waals surface area contributed by atoms with E-state index in [-0.39, 0.29) is 11.5 Å². The topological polar surface area (TPSA) is 83.0 Å². The molecule has 0 aliphatic carbocycles. The zero-order valence-corrected chi connectivity index (χ0v) is 17.8. The fourth-order valence-corrected chi connectivity index (χ4v) is 3.43. The van der Waals surface area contributed by atoms with Gasteiger partial charge in [-0.25, -0.2) is 0 Å². The average molecular weight is 490 g/mol. The van der Waals surface area contributed by atoms with Gasteiger partial charge in [-0.15, -0.1) is 0 Å². The molecule has 0 radical (unpaired) electrons. The maximum absolute atomic E-state index is 10.1. The molecule has 2 aromatic carbocycles. The van der Waals surface area contributed by atoms with Crippen molar-refractivity contribution in [2.75, 3.05) is 27.3 Å². The fourth-order valence-electron chi connectivity index (χ4n) is 2.46. The van der Waals surface area contributed by atoms with Crippen LogP contribution in [-0.2, 0) is 13.1 Å². The molecule has 0 unspecified atom stereocenters. The van der Waals surface area contributed by atoms with Crippen LogP contribution in [0.3, 0.4) is 0 Å². The molecule has 8 heteroatoms. The molecule has 0 saturated carbocycles. The van der Waals surface area contributed by atoms with Crippen molar-refractivity contribution in [1.29, 1.82) is 0 Å². The summed E-state index contributed by atoms with van der Waals surface area (Å²) in [5, 5.41) is 26.8. The van der Waals surface area contributed by atoms with Crippen LogP contribution in [0.2, 0.25) is 0 Å². The monoisotopic (exact) mass is 488 g/mol. The highest BCUT2D eigenvalue weighted by Crippen LogP contribution is 2.34. The van der Waals surface area contributed by atoms with E-state index < -0.39 is 0 Å². The number of methoxy groups -OCH3 is 2. The second kappa shape index (κ2) is 10.0. The van der Waals surface area contributed by atoms with E-state index in [4.69, 9.17) is 9.47 Å². The van der Waals surface area contributed by atoms with Crippen LogP contribution < -0.4 is 20.1 Å². The van der Waals surface area contributed by atoms with Crippen LogP contribution in [0.1, 0.15) is 11.1 Å². The maximum atomic E-state index is 10.1. The largest absolute Gasteiger partial charge is 0.504 e. The van der Waals surface area contributed by atoms with E-state index >= 15 is 0 Å². The molecule has 4 N–H and O–H groups in total. The molecule has 0 aromatic heterocycles. The van der Waals surface area contributed by atoms with Crippen molar-refractivity contribution in [3.8, 4) is 23.0 Å². The Labute approximate surface area is 169 Å². The molecule has 0 saturated heterocycles. The minimum absolute atomic E-state index is 0.141. The smallest absolute Gasteiger partial charge is 0.162 e. The molecular weight excluding hydrogens is 468 g/mol. The summed E-state index contributed by atoms with van der Waals surface area (Å²) in [7, 11) is 3.05. The van der Waals surface area contributed by atoms with Crippen LogP contribution in [0.5, 0.6) is 23.0 Å². The van der Waals surface area contributed by atoms with Crippen molar-refractivity contribution in [1.82, 2.24) is 10.6 Å². The standard InChI is InChI=1S/C18H22Br2N2O4/c1-25-15-7-13(19)5-11(17(15)23)9-21-3-4-22-10-12-6-14(20)8-16(26-2)18(12)24/h5-8,21-24H,3-4,9-10H2,1-2H3. The lowest BCUT2D eigenvalue weighted by Gasteiger charge is -2.12. The van der Waals surface area contributed by atoms with E-state index in [9.17, 15) is 10.2 Å². The number of benzene rings is 2. The summed E-state index contributed by atoms with van der Waals surface area (Å²) in [6.07, 6.45) is 0. The molecule has 0 aliphatic heterocycles. The molecule has 0 aliphatic rings. The average Bonchev–Trinajstić information content (AvgIpc) is 2.62. The minimum Gasteiger partial charge on any atom is -0.504 e. The van der Waals surface area contributed by atoms with Gasteiger partial charge < -0.3 is 30.3 Å². The normalized spacial score (nSPS) is 10.8. The Morgan fingerprint density at radius 1 is 0.769 bits per heavy atom. The third kappa shape index (κ3) is 5.51. The Hall–Kier alpha value is -1.48. The molecule has 6 nitrogen and oxygen atoms in total. The summed E-state index contributed by atoms with van der Waals surface area (Å²) in [5.74, 6) is 1.16. The first-order chi connectivity index (χ1) is 12.5. The number of phenols is 2. The predicted octanol–water partition coefficient (Wildman–Crippen LogP) is 3.52. The summed E-state index contributed by atoms with van der Waals surface area (Å²) in [6.45, 7) is 2.42. The van der Waals surface area contributed by atoms with Gasteiger partial charge in [0.1, 0.15) is 0 Å². The first-order valence-corrected chi connectivity index (χ1v) is 9.57. The molecule has 0 fully saturated rings. The summed E-state index contributed by atoms with van der Waals surface area (Å²) in [6, 6.07) is 7.15. The Morgan fingerprint density at radius 3 is 1.50 bits per heavy atom. The molecule has 142 valence electrons. The number of hydrogen-bond donors (Lipinski definition) is 4. The van der Waals surface area contributed by atoms with Gasteiger partial charge in [-0.05, 0) is 24.3 Å². The first-order valence-electron chi connectivity index (χ1n) is 7.98. The zero-order valence-electron chi connectivity index (χ0n) is 14.6. The van der Waals surface area contributed by atoms with Crippen molar-refractivity contribution in [3.05, 3.63) is 44.3 Å². The molecule has 26 heavy (non-hydrogen) atoms. The summed E-state index contributed by atoms with van der Waals surface area (Å²) >= 11 is 6.81. The fraction of sp³-hybridized carbons (Fsp3) is 0.333. The van der Waals surface area contributed by atoms with Crippen LogP contribution >= 0.6 is 31.9 Å². The third-order valence-corrected chi connectivity index (χ3v) is 4.70. The van der Waals surface area contributed by atoms with E-state index in [1.54, 1.807) is 12.1 Å². The lowest BCUT2D eigenvalue weighted by molar-refractivity contribution is 0.368. The van der Waals surface area contributed by atoms with Gasteiger partial charge in [0.25, 0.3) is 0 Å². The van der Waals surface area contributed by atoms with E-state index in [1.165, 1.54) is 14.2 Å². The Balaban J connectivity index is 1.80. The predicted molar refractivity (Wildman–Crippen MR) is 108 cm³/mol. The number of halogens is 2. The van der Waals surface area contributed by atoms with Gasteiger partial charge in [0.2, 0.25) is 0 Å². The molecule has 0 bridgehead atoms. The molecule has 0 amide bonds. The first kappa shape index (κ1) is 20.8. The van der Waals surface area contributed by atoms with Gasteiger partial charge in [0, 0.05) is 46.3 Å². The highest BCUT2D eigenvalue weighted by atomic mass is 79.9. The summed E-state index contributed by atoms with van der Waals surface area (Å²) in [5.41, 5.74) is 1.51. The summed E-state index contributed by atoms with van der Waals surface area (Å²) < 4.78 is 12.0. The molecular formula is C18H22Br2N2O4. The summed E-state index contributed by atoms with van der Waals surface area (Å²) in [4.78, 5) is 0. The van der Waals surface area contributed by atoms with Gasteiger partial charge >= 0.3 is 0 Å². The highest BCUT2D eigenvalue weighted by molar-refractivity contribution is 9.10. The van der Waals surface area contributed by atoms with Crippen molar-refractivity contribution >= 4 is 31.9 Å². The second-order valence-electron chi connectivity index (χ2n) is 5.59. The lowest BCUT2D eigenvalue weighted by atomic mass is 10.2. The Bertz CT molecular complexity index is 693. The number of nitrogens with one attached hydrogen (secondary N) is 2. The van der Waals surface area contributed by atoms with Gasteiger partial charge in [0.15, 0.2) is 23.0 Å². The van der Waals surface area contributed by atoms with Crippen LogP contribution in [-0.4, -0.2) is 37.5 Å². The van der Waals surface area contributed by atoms with Gasteiger partial charge in [0.05, 0.1) is 14.2 Å². The number of aromatic hydroxyl groups is 2. The van der Waals surface area contributed by atoms with Crippen LogP contribution in [0.4, 0.5) is 0 Å². The molecule has 0 spiro atoms. The van der Waals surface area contributed by atoms with Crippen molar-refractivity contribution in [3.63, 3.8) is 0 Å². The van der Waals surface area contributed by atoms with E-state index in [1.807, 2.05) is 12.1 Å². The van der Waals surface area contributed by atoms with Crippen LogP contribution in [0.25, 0.3) is 0 Å². The van der Waals surface area contributed by atoms with Gasteiger partial charge in [-0.3, -0.25) is 0 Å². The van der Waals surface area contributed by atoms with E-state index in [2.05, 4.69) is 42.5 Å². The number of hydrogen-bond acceptors (Lipinski definition) is 6. The lowest BCUT2D eigenvalue weighted by Crippen LogP contribution is -2.26. The van der Waals surface area contributed by atoms with E-state index in [0.717, 1.165) is 20.1 Å². The molecule has 0 heterocycles. The Morgan fingerprint density at radius 2 is 1.15 bits per heavy atom. The SMILES string of the molecule is COc1cc(Br)cc(CNCCNCc2cc(Br)cc(OC)c2O)c1O. The minimum atomic E-state index is 0.141. The highest BCUT2D eigenvalue weighted by Gasteiger charge is 2.10. The third-order valence-electron chi connectivity index (χ3n) is 3.79. The Kier molecular flexibility index (Phi) is 8.02. The molecule has 0 atom stereocenters. The zero-order chi connectivity index (χ0) is 19.1. The van der Waals surface area contributed by atoms with E-state index in [0.29, 0.717) is 37.7 Å². The van der Waals surface area contributed by atoms with Gasteiger partial charge in [-0.1, -0.05) is 31.9 Å². The van der Waals surface area contributed by atoms with Crippen LogP contribution in [0.15, 0.2) is 33.2 Å². The quantitative estimate of drug-likeness (QED) is 0.403. The van der Waals surface area contributed by atoms with Crippen molar-refractivity contribution in [2.24, 2.45) is 0 Å². The van der Waals surface area contributed by atoms with Crippen molar-refractivity contribution in [2.45, 2.75) is 13.1 Å². The molecule has 2 rings (SSSR count). The molecule has 2 aromatic rings. The van der Waals surface area contributed by atoms with Crippen molar-refractivity contribution < 1.29 is 19.7 Å². The maximum Gasteiger partial charge on any atom is 0.162 e. The number of phenolic OH excluding ortho intramolecular Hbond substituents is 2.